The molecule has 9 nitrogen and oxygen atoms in total. The minimum atomic E-state index is -1.58. The molecule has 0 aromatic heterocycles. The Morgan fingerprint density at radius 3 is 1.26 bits per heavy atom. The first-order valence-electron chi connectivity index (χ1n) is 32.2. The van der Waals surface area contributed by atoms with Crippen molar-refractivity contribution in [1.82, 2.24) is 5.32 Å². The minimum Gasteiger partial charge on any atom is -0.394 e. The minimum absolute atomic E-state index is 0.188. The Labute approximate surface area is 468 Å². The molecule has 1 heterocycles. The number of rotatable bonds is 55. The van der Waals surface area contributed by atoms with Crippen molar-refractivity contribution in [2.75, 3.05) is 13.2 Å². The van der Waals surface area contributed by atoms with Crippen LogP contribution in [0.25, 0.3) is 0 Å². The molecular weight excluding hydrogens is 947 g/mol. The summed E-state index contributed by atoms with van der Waals surface area (Å²) < 4.78 is 11.3. The van der Waals surface area contributed by atoms with E-state index in [1.165, 1.54) is 205 Å². The van der Waals surface area contributed by atoms with Crippen LogP contribution in [-0.4, -0.2) is 87.5 Å². The molecule has 76 heavy (non-hydrogen) atoms. The van der Waals surface area contributed by atoms with E-state index in [-0.39, 0.29) is 12.5 Å². The summed E-state index contributed by atoms with van der Waals surface area (Å²) >= 11 is 0. The van der Waals surface area contributed by atoms with Gasteiger partial charge < -0.3 is 40.3 Å². The first-order valence-corrected chi connectivity index (χ1v) is 32.2. The molecule has 0 aliphatic carbocycles. The van der Waals surface area contributed by atoms with Crippen molar-refractivity contribution in [1.29, 1.82) is 0 Å². The maximum absolute atomic E-state index is 13.1. The Bertz CT molecular complexity index is 1420. The Hall–Kier alpha value is -2.37. The lowest BCUT2D eigenvalue weighted by molar-refractivity contribution is -0.302. The van der Waals surface area contributed by atoms with Crippen LogP contribution >= 0.6 is 0 Å². The zero-order valence-corrected chi connectivity index (χ0v) is 49.3. The van der Waals surface area contributed by atoms with Gasteiger partial charge in [0, 0.05) is 6.42 Å². The molecule has 7 unspecified atom stereocenters. The number of carbonyl (C=O) groups excluding carboxylic acids is 1. The van der Waals surface area contributed by atoms with Crippen molar-refractivity contribution in [3.63, 3.8) is 0 Å². The Morgan fingerprint density at radius 2 is 0.829 bits per heavy atom. The van der Waals surface area contributed by atoms with E-state index in [0.717, 1.165) is 64.2 Å². The van der Waals surface area contributed by atoms with Gasteiger partial charge in [0.25, 0.3) is 0 Å². The first-order chi connectivity index (χ1) is 37.3. The monoisotopic (exact) mass is 1070 g/mol. The highest BCUT2D eigenvalue weighted by atomic mass is 16.7. The van der Waals surface area contributed by atoms with Crippen LogP contribution in [0.4, 0.5) is 0 Å². The molecule has 0 saturated carbocycles. The summed E-state index contributed by atoms with van der Waals surface area (Å²) in [5, 5.41) is 54.6. The summed E-state index contributed by atoms with van der Waals surface area (Å²) in [6.07, 6.45) is 71.3. The van der Waals surface area contributed by atoms with E-state index in [4.69, 9.17) is 9.47 Å². The molecule has 0 aromatic carbocycles. The number of amides is 1. The molecule has 0 radical (unpaired) electrons. The van der Waals surface area contributed by atoms with Gasteiger partial charge in [0.05, 0.1) is 25.4 Å². The van der Waals surface area contributed by atoms with Gasteiger partial charge in [0.15, 0.2) is 6.29 Å². The van der Waals surface area contributed by atoms with Crippen molar-refractivity contribution < 1.29 is 39.8 Å². The zero-order chi connectivity index (χ0) is 55.0. The third kappa shape index (κ3) is 44.5. The average Bonchev–Trinajstić information content (AvgIpc) is 3.42. The van der Waals surface area contributed by atoms with Crippen LogP contribution in [-0.2, 0) is 14.3 Å². The molecule has 1 saturated heterocycles. The summed E-state index contributed by atoms with van der Waals surface area (Å²) in [7, 11) is 0. The summed E-state index contributed by atoms with van der Waals surface area (Å²) in [5.41, 5.74) is 0. The van der Waals surface area contributed by atoms with Crippen molar-refractivity contribution >= 4 is 5.91 Å². The molecule has 0 aromatic rings. The Morgan fingerprint density at radius 1 is 0.461 bits per heavy atom. The van der Waals surface area contributed by atoms with E-state index in [1.54, 1.807) is 6.08 Å². The standard InChI is InChI=1S/C67H121NO8/c1-3-5-7-9-11-13-15-17-19-21-23-25-27-29-30-31-33-34-36-38-40-42-44-46-48-50-52-54-56-61(70)60(59-75-67-66(74)65(73)64(72)62(58-69)76-67)68-63(71)57-55-53-51-49-47-45-43-41-39-37-35-32-28-26-24-22-20-18-16-14-12-10-8-6-4-2/h6,8,12,14,18,20,24,26,46,48,54,56,60-62,64-67,69-70,72-74H,3-5,7,9-11,13,15-17,19,21-23,25,27-45,47,49-53,55,57-59H2,1-2H3,(H,68,71)/b8-6-,14-12-,20-18-,26-24-,48-46+,56-54+. The van der Waals surface area contributed by atoms with Crippen molar-refractivity contribution in [2.24, 2.45) is 0 Å². The maximum Gasteiger partial charge on any atom is 0.220 e. The highest BCUT2D eigenvalue weighted by molar-refractivity contribution is 5.76. The molecule has 6 N–H and O–H groups in total. The number of unbranched alkanes of at least 4 members (excludes halogenated alkanes) is 35. The quantitative estimate of drug-likeness (QED) is 0.0261. The van der Waals surface area contributed by atoms with Gasteiger partial charge in [-0.15, -0.1) is 0 Å². The average molecular weight is 1070 g/mol. The van der Waals surface area contributed by atoms with Crippen molar-refractivity contribution in [3.05, 3.63) is 72.9 Å². The number of aliphatic hydroxyl groups is 5. The number of carbonyl (C=O) groups is 1. The topological polar surface area (TPSA) is 149 Å². The SMILES string of the molecule is CC/C=C\C/C=C\C/C=C\C/C=C\CCCCCCCCCCCCCCC(=O)NC(COC1OC(CO)C(O)C(O)C1O)C(O)/C=C/CC/C=C/CCCCCCCCCCCCCCCCCCCCCCCC. The molecular formula is C67H121NO8. The van der Waals surface area contributed by atoms with Gasteiger partial charge >= 0.3 is 0 Å². The summed E-state index contributed by atoms with van der Waals surface area (Å²) in [6, 6.07) is -0.828. The number of aliphatic hydroxyl groups excluding tert-OH is 5. The van der Waals surface area contributed by atoms with Gasteiger partial charge in [-0.25, -0.2) is 0 Å². The lowest BCUT2D eigenvalue weighted by Crippen LogP contribution is -2.60. The summed E-state index contributed by atoms with van der Waals surface area (Å²) in [5.74, 6) is -0.188. The number of ether oxygens (including phenoxy) is 2. The second-order valence-electron chi connectivity index (χ2n) is 22.2. The highest BCUT2D eigenvalue weighted by Gasteiger charge is 2.44. The van der Waals surface area contributed by atoms with E-state index in [2.05, 4.69) is 79.9 Å². The van der Waals surface area contributed by atoms with Crippen LogP contribution < -0.4 is 5.32 Å². The normalized spacial score (nSPS) is 19.3. The number of nitrogens with one attached hydrogen (secondary N) is 1. The fraction of sp³-hybridized carbons (Fsp3) is 0.806. The van der Waals surface area contributed by atoms with Crippen molar-refractivity contribution in [3.8, 4) is 0 Å². The predicted molar refractivity (Wildman–Crippen MR) is 322 cm³/mol. The zero-order valence-electron chi connectivity index (χ0n) is 49.3. The molecule has 9 heteroatoms. The Kier molecular flexibility index (Phi) is 52.7. The van der Waals surface area contributed by atoms with Crippen LogP contribution in [0.15, 0.2) is 72.9 Å². The second-order valence-corrected chi connectivity index (χ2v) is 22.2. The third-order valence-electron chi connectivity index (χ3n) is 15.0. The molecule has 0 bridgehead atoms. The highest BCUT2D eigenvalue weighted by Crippen LogP contribution is 2.23. The van der Waals surface area contributed by atoms with Gasteiger partial charge in [-0.3, -0.25) is 4.79 Å². The van der Waals surface area contributed by atoms with E-state index < -0.39 is 49.5 Å². The summed E-state index contributed by atoms with van der Waals surface area (Å²) in [6.45, 7) is 3.68. The van der Waals surface area contributed by atoms with Crippen molar-refractivity contribution in [2.45, 2.75) is 333 Å². The molecule has 7 atom stereocenters. The van der Waals surface area contributed by atoms with Gasteiger partial charge in [-0.1, -0.05) is 286 Å². The van der Waals surface area contributed by atoms with Gasteiger partial charge in [-0.2, -0.15) is 0 Å². The molecule has 1 fully saturated rings. The van der Waals surface area contributed by atoms with Crippen LogP contribution in [0.3, 0.4) is 0 Å². The fourth-order valence-corrected chi connectivity index (χ4v) is 9.99. The number of hydrogen-bond donors (Lipinski definition) is 6. The lowest BCUT2D eigenvalue weighted by atomic mass is 9.99. The van der Waals surface area contributed by atoms with E-state index in [1.807, 2.05) is 6.08 Å². The number of hydrogen-bond acceptors (Lipinski definition) is 8. The van der Waals surface area contributed by atoms with E-state index in [9.17, 15) is 30.3 Å². The van der Waals surface area contributed by atoms with Gasteiger partial charge in [0.1, 0.15) is 24.4 Å². The number of allylic oxidation sites excluding steroid dienone is 11. The predicted octanol–water partition coefficient (Wildman–Crippen LogP) is 16.8. The lowest BCUT2D eigenvalue weighted by Gasteiger charge is -2.40. The van der Waals surface area contributed by atoms with E-state index in [0.29, 0.717) is 6.42 Å². The van der Waals surface area contributed by atoms with Crippen LogP contribution in [0.1, 0.15) is 290 Å². The van der Waals surface area contributed by atoms with Crippen LogP contribution in [0.2, 0.25) is 0 Å². The molecule has 1 rings (SSSR count). The van der Waals surface area contributed by atoms with Crippen LogP contribution in [0, 0.1) is 0 Å². The van der Waals surface area contributed by atoms with E-state index >= 15 is 0 Å². The Balaban J connectivity index is 2.20. The molecule has 0 spiro atoms. The third-order valence-corrected chi connectivity index (χ3v) is 15.0. The van der Waals surface area contributed by atoms with Gasteiger partial charge in [0.2, 0.25) is 5.91 Å². The molecule has 442 valence electrons. The van der Waals surface area contributed by atoms with Gasteiger partial charge in [-0.05, 0) is 70.6 Å². The maximum atomic E-state index is 13.1. The smallest absolute Gasteiger partial charge is 0.220 e. The summed E-state index contributed by atoms with van der Waals surface area (Å²) in [4.78, 5) is 13.1. The molecule has 1 amide bonds. The fourth-order valence-electron chi connectivity index (χ4n) is 9.99. The van der Waals surface area contributed by atoms with Crippen LogP contribution in [0.5, 0.6) is 0 Å². The first kappa shape index (κ1) is 71.6. The molecule has 1 aliphatic rings. The second kappa shape index (κ2) is 55.9. The molecule has 1 aliphatic heterocycles. The largest absolute Gasteiger partial charge is 0.394 e.